The molecule has 1 nitrogen and oxygen atoms in total. The minimum absolute atomic E-state index is 0.0585. The van der Waals surface area contributed by atoms with Crippen LogP contribution >= 0.6 is 0 Å². The quantitative estimate of drug-likeness (QED) is 0.671. The first-order valence-electron chi connectivity index (χ1n) is 5.75. The highest BCUT2D eigenvalue weighted by molar-refractivity contribution is 6.14. The Morgan fingerprint density at radius 1 is 1.24 bits per heavy atom. The summed E-state index contributed by atoms with van der Waals surface area (Å²) in [5.41, 5.74) is 0.692. The topological polar surface area (TPSA) is 17.1 Å². The van der Waals surface area contributed by atoms with Gasteiger partial charge in [-0.1, -0.05) is 38.1 Å². The van der Waals surface area contributed by atoms with Crippen molar-refractivity contribution in [3.8, 4) is 0 Å². The Hall–Kier alpha value is -1.70. The zero-order valence-corrected chi connectivity index (χ0v) is 9.88. The molecule has 2 aromatic rings. The van der Waals surface area contributed by atoms with Gasteiger partial charge in [-0.05, 0) is 23.3 Å². The predicted molar refractivity (Wildman–Crippen MR) is 65.7 cm³/mol. The first-order valence-corrected chi connectivity index (χ1v) is 5.75. The van der Waals surface area contributed by atoms with E-state index in [0.29, 0.717) is 17.5 Å². The lowest BCUT2D eigenvalue weighted by Crippen LogP contribution is -2.19. The highest BCUT2D eigenvalue weighted by Crippen LogP contribution is 2.40. The van der Waals surface area contributed by atoms with Gasteiger partial charge in [-0.25, -0.2) is 4.39 Å². The Balaban J connectivity index is 2.44. The lowest BCUT2D eigenvalue weighted by molar-refractivity contribution is 0.0865. The smallest absolute Gasteiger partial charge is 0.169 e. The van der Waals surface area contributed by atoms with Crippen molar-refractivity contribution in [2.24, 2.45) is 5.41 Å². The SMILES string of the molecule is CC1(C)Cc2c(F)cc3ccccc3c2C1=O. The van der Waals surface area contributed by atoms with Crippen molar-refractivity contribution in [2.75, 3.05) is 0 Å². The second-order valence-corrected chi connectivity index (χ2v) is 5.32. The fraction of sp³-hybridized carbons (Fsp3) is 0.267. The second-order valence-electron chi connectivity index (χ2n) is 5.32. The molecular weight excluding hydrogens is 215 g/mol. The minimum Gasteiger partial charge on any atom is -0.294 e. The maximum Gasteiger partial charge on any atom is 0.169 e. The molecule has 17 heavy (non-hydrogen) atoms. The molecule has 3 rings (SSSR count). The van der Waals surface area contributed by atoms with Crippen molar-refractivity contribution in [2.45, 2.75) is 20.3 Å². The molecule has 86 valence electrons. The highest BCUT2D eigenvalue weighted by atomic mass is 19.1. The van der Waals surface area contributed by atoms with E-state index in [-0.39, 0.29) is 11.6 Å². The van der Waals surface area contributed by atoms with Gasteiger partial charge in [-0.3, -0.25) is 4.79 Å². The molecule has 1 aliphatic rings. The van der Waals surface area contributed by atoms with E-state index in [0.717, 1.165) is 10.8 Å². The van der Waals surface area contributed by atoms with Gasteiger partial charge < -0.3 is 0 Å². The van der Waals surface area contributed by atoms with Crippen LogP contribution in [0.1, 0.15) is 29.8 Å². The molecule has 0 N–H and O–H groups in total. The monoisotopic (exact) mass is 228 g/mol. The molecule has 0 bridgehead atoms. The van der Waals surface area contributed by atoms with E-state index in [1.54, 1.807) is 0 Å². The minimum atomic E-state index is -0.479. The summed E-state index contributed by atoms with van der Waals surface area (Å²) in [5.74, 6) is -0.194. The maximum atomic E-state index is 14.0. The number of hydrogen-bond acceptors (Lipinski definition) is 1. The normalized spacial score (nSPS) is 17.5. The van der Waals surface area contributed by atoms with Gasteiger partial charge in [0.15, 0.2) is 5.78 Å². The summed E-state index contributed by atoms with van der Waals surface area (Å²) >= 11 is 0. The van der Waals surface area contributed by atoms with Crippen molar-refractivity contribution < 1.29 is 9.18 Å². The predicted octanol–water partition coefficient (Wildman–Crippen LogP) is 3.74. The van der Waals surface area contributed by atoms with E-state index in [9.17, 15) is 9.18 Å². The number of ketones is 1. The molecule has 0 saturated carbocycles. The molecule has 2 heteroatoms. The van der Waals surface area contributed by atoms with Crippen LogP contribution in [-0.4, -0.2) is 5.78 Å². The Morgan fingerprint density at radius 3 is 2.71 bits per heavy atom. The van der Waals surface area contributed by atoms with E-state index in [1.807, 2.05) is 38.1 Å². The summed E-state index contributed by atoms with van der Waals surface area (Å²) in [7, 11) is 0. The zero-order valence-electron chi connectivity index (χ0n) is 9.88. The molecule has 2 aromatic carbocycles. The highest BCUT2D eigenvalue weighted by Gasteiger charge is 2.40. The first-order chi connectivity index (χ1) is 8.00. The summed E-state index contributed by atoms with van der Waals surface area (Å²) in [6, 6.07) is 9.02. The fourth-order valence-electron chi connectivity index (χ4n) is 2.65. The van der Waals surface area contributed by atoms with Gasteiger partial charge in [-0.2, -0.15) is 0 Å². The number of halogens is 1. The standard InChI is InChI=1S/C15H13FO/c1-15(2)8-11-12(16)7-9-5-3-4-6-10(9)13(11)14(15)17/h3-7H,8H2,1-2H3. The molecular formula is C15H13FO. The molecule has 1 aliphatic carbocycles. The van der Waals surface area contributed by atoms with E-state index in [1.165, 1.54) is 6.07 Å². The van der Waals surface area contributed by atoms with Crippen LogP contribution in [0.2, 0.25) is 0 Å². The lowest BCUT2D eigenvalue weighted by Gasteiger charge is -2.13. The van der Waals surface area contributed by atoms with Gasteiger partial charge in [0.25, 0.3) is 0 Å². The molecule has 0 radical (unpaired) electrons. The van der Waals surface area contributed by atoms with Gasteiger partial charge in [0.05, 0.1) is 0 Å². The average Bonchev–Trinajstić information content (AvgIpc) is 2.52. The lowest BCUT2D eigenvalue weighted by atomic mass is 9.88. The summed E-state index contributed by atoms with van der Waals surface area (Å²) in [4.78, 5) is 12.3. The zero-order chi connectivity index (χ0) is 12.2. The van der Waals surface area contributed by atoms with Gasteiger partial charge in [0.2, 0.25) is 0 Å². The van der Waals surface area contributed by atoms with Crippen molar-refractivity contribution in [3.05, 3.63) is 47.3 Å². The van der Waals surface area contributed by atoms with E-state index in [4.69, 9.17) is 0 Å². The van der Waals surface area contributed by atoms with E-state index < -0.39 is 5.41 Å². The van der Waals surface area contributed by atoms with Gasteiger partial charge in [-0.15, -0.1) is 0 Å². The molecule has 0 aromatic heterocycles. The van der Waals surface area contributed by atoms with E-state index >= 15 is 0 Å². The third-order valence-electron chi connectivity index (χ3n) is 3.56. The van der Waals surface area contributed by atoms with Crippen molar-refractivity contribution in [3.63, 3.8) is 0 Å². The number of hydrogen-bond donors (Lipinski definition) is 0. The fourth-order valence-corrected chi connectivity index (χ4v) is 2.65. The summed E-state index contributed by atoms with van der Waals surface area (Å²) in [5, 5.41) is 1.68. The van der Waals surface area contributed by atoms with Crippen LogP contribution in [0.5, 0.6) is 0 Å². The number of carbonyl (C=O) groups excluding carboxylic acids is 1. The average molecular weight is 228 g/mol. The number of carbonyl (C=O) groups is 1. The van der Waals surface area contributed by atoms with Crippen molar-refractivity contribution in [1.29, 1.82) is 0 Å². The third kappa shape index (κ3) is 1.33. The molecule has 0 spiro atoms. The largest absolute Gasteiger partial charge is 0.294 e. The molecule has 0 aliphatic heterocycles. The van der Waals surface area contributed by atoms with Crippen molar-refractivity contribution >= 4 is 16.6 Å². The van der Waals surface area contributed by atoms with Crippen LogP contribution in [0.3, 0.4) is 0 Å². The van der Waals surface area contributed by atoms with E-state index in [2.05, 4.69) is 0 Å². The first kappa shape index (κ1) is 10.5. The van der Waals surface area contributed by atoms with Crippen LogP contribution in [-0.2, 0) is 6.42 Å². The molecule has 0 heterocycles. The molecule has 0 atom stereocenters. The van der Waals surface area contributed by atoms with Crippen LogP contribution < -0.4 is 0 Å². The summed E-state index contributed by atoms with van der Waals surface area (Å²) < 4.78 is 14.0. The van der Waals surface area contributed by atoms with Gasteiger partial charge >= 0.3 is 0 Å². The van der Waals surface area contributed by atoms with Crippen LogP contribution in [0.25, 0.3) is 10.8 Å². The maximum absolute atomic E-state index is 14.0. The molecule has 0 unspecified atom stereocenters. The Kier molecular flexibility index (Phi) is 1.94. The van der Waals surface area contributed by atoms with Crippen LogP contribution in [0.15, 0.2) is 30.3 Å². The third-order valence-corrected chi connectivity index (χ3v) is 3.56. The Bertz CT molecular complexity index is 641. The molecule has 0 saturated heterocycles. The van der Waals surface area contributed by atoms with Crippen LogP contribution in [0, 0.1) is 11.2 Å². The van der Waals surface area contributed by atoms with Gasteiger partial charge in [0, 0.05) is 16.5 Å². The number of rotatable bonds is 0. The van der Waals surface area contributed by atoms with Crippen LogP contribution in [0.4, 0.5) is 4.39 Å². The Labute approximate surface area is 99.3 Å². The Morgan fingerprint density at radius 2 is 1.94 bits per heavy atom. The number of fused-ring (bicyclic) bond motifs is 3. The summed E-state index contributed by atoms with van der Waals surface area (Å²) in [6.45, 7) is 3.76. The van der Waals surface area contributed by atoms with Gasteiger partial charge in [0.1, 0.15) is 5.82 Å². The second kappa shape index (κ2) is 3.16. The summed E-state index contributed by atoms with van der Waals surface area (Å²) in [6.07, 6.45) is 0.498. The van der Waals surface area contributed by atoms with Crippen molar-refractivity contribution in [1.82, 2.24) is 0 Å². The molecule has 0 fully saturated rings. The molecule has 0 amide bonds. The number of Topliss-reactive ketones (excluding diaryl/α,β-unsaturated/α-hetero) is 1. The number of benzene rings is 2.